The van der Waals surface area contributed by atoms with Crippen molar-refractivity contribution in [1.29, 1.82) is 0 Å². The third kappa shape index (κ3) is 2.18. The van der Waals surface area contributed by atoms with Crippen molar-refractivity contribution in [2.45, 2.75) is 19.8 Å². The molecule has 4 heteroatoms. The molecule has 1 aliphatic rings. The maximum absolute atomic E-state index is 11.9. The Labute approximate surface area is 122 Å². The second-order valence-electron chi connectivity index (χ2n) is 5.12. The van der Waals surface area contributed by atoms with Gasteiger partial charge in [-0.15, -0.1) is 0 Å². The zero-order valence-corrected chi connectivity index (χ0v) is 11.6. The highest BCUT2D eigenvalue weighted by Crippen LogP contribution is 2.31. The molecule has 0 amide bonds. The largest absolute Gasteiger partial charge is 0.508 e. The van der Waals surface area contributed by atoms with Gasteiger partial charge in [0.1, 0.15) is 11.5 Å². The first-order valence-electron chi connectivity index (χ1n) is 6.85. The molecular formula is C17H15NO3. The molecule has 0 saturated heterocycles. The number of nitrogens with zero attached hydrogens (tertiary/aromatic N) is 1. The third-order valence-electron chi connectivity index (χ3n) is 3.87. The van der Waals surface area contributed by atoms with Gasteiger partial charge in [-0.05, 0) is 40.8 Å². The Balaban J connectivity index is 2.09. The van der Waals surface area contributed by atoms with Crippen LogP contribution in [0.2, 0.25) is 0 Å². The second kappa shape index (κ2) is 5.05. The van der Waals surface area contributed by atoms with E-state index in [1.54, 1.807) is 18.2 Å². The number of benzene rings is 2. The Morgan fingerprint density at radius 1 is 1.14 bits per heavy atom. The number of ketones is 1. The van der Waals surface area contributed by atoms with Crippen molar-refractivity contribution in [3.8, 4) is 16.9 Å². The number of hydrogen-bond donors (Lipinski definition) is 2. The summed E-state index contributed by atoms with van der Waals surface area (Å²) in [4.78, 5) is 11.9. The average molecular weight is 281 g/mol. The van der Waals surface area contributed by atoms with Gasteiger partial charge in [0.2, 0.25) is 5.78 Å². The molecule has 0 aliphatic heterocycles. The highest BCUT2D eigenvalue weighted by molar-refractivity contribution is 6.49. The number of rotatable bonds is 2. The van der Waals surface area contributed by atoms with Crippen LogP contribution in [0.4, 0.5) is 0 Å². The molecule has 0 heterocycles. The average Bonchev–Trinajstić information content (AvgIpc) is 2.82. The van der Waals surface area contributed by atoms with E-state index in [4.69, 9.17) is 5.21 Å². The van der Waals surface area contributed by atoms with E-state index in [1.165, 1.54) is 0 Å². The molecule has 106 valence electrons. The van der Waals surface area contributed by atoms with Gasteiger partial charge < -0.3 is 10.3 Å². The minimum absolute atomic E-state index is 0.184. The van der Waals surface area contributed by atoms with Crippen molar-refractivity contribution < 1.29 is 15.1 Å². The van der Waals surface area contributed by atoms with Crippen LogP contribution < -0.4 is 0 Å². The van der Waals surface area contributed by atoms with Crippen molar-refractivity contribution in [2.75, 3.05) is 0 Å². The Bertz CT molecular complexity index is 763. The predicted molar refractivity (Wildman–Crippen MR) is 80.2 cm³/mol. The van der Waals surface area contributed by atoms with Crippen molar-refractivity contribution in [2.24, 2.45) is 5.16 Å². The normalized spacial score (nSPS) is 15.5. The van der Waals surface area contributed by atoms with E-state index in [1.807, 2.05) is 25.1 Å². The van der Waals surface area contributed by atoms with Crippen LogP contribution in [0.15, 0.2) is 41.6 Å². The number of carbonyl (C=O) groups is 1. The standard InChI is InChI=1S/C17H15NO3/c1-2-10-8-13(19)4-6-14(10)11-3-5-15-12(7-11)9-16(18-21)17(15)20/h3-8,19,21H,2,9H2,1H3/b18-16+. The molecule has 0 unspecified atom stereocenters. The van der Waals surface area contributed by atoms with Crippen LogP contribution in [0.25, 0.3) is 11.1 Å². The summed E-state index contributed by atoms with van der Waals surface area (Å²) in [6, 6.07) is 10.9. The van der Waals surface area contributed by atoms with Gasteiger partial charge in [-0.3, -0.25) is 4.79 Å². The summed E-state index contributed by atoms with van der Waals surface area (Å²) < 4.78 is 0. The van der Waals surface area contributed by atoms with Gasteiger partial charge in [-0.1, -0.05) is 36.3 Å². The van der Waals surface area contributed by atoms with Crippen LogP contribution in [-0.2, 0) is 12.8 Å². The van der Waals surface area contributed by atoms with Crippen LogP contribution in [0.5, 0.6) is 5.75 Å². The number of carbonyl (C=O) groups excluding carboxylic acids is 1. The molecule has 0 spiro atoms. The van der Waals surface area contributed by atoms with Gasteiger partial charge in [0.25, 0.3) is 0 Å². The topological polar surface area (TPSA) is 69.9 Å². The van der Waals surface area contributed by atoms with Gasteiger partial charge in [-0.2, -0.15) is 0 Å². The van der Waals surface area contributed by atoms with Crippen molar-refractivity contribution in [3.05, 3.63) is 53.1 Å². The molecule has 2 aromatic rings. The molecular weight excluding hydrogens is 266 g/mol. The number of fused-ring (bicyclic) bond motifs is 1. The Hall–Kier alpha value is -2.62. The molecule has 3 rings (SSSR count). The van der Waals surface area contributed by atoms with E-state index in [-0.39, 0.29) is 17.2 Å². The number of phenols is 1. The fourth-order valence-electron chi connectivity index (χ4n) is 2.78. The molecule has 0 saturated carbocycles. The van der Waals surface area contributed by atoms with Crippen molar-refractivity contribution in [1.82, 2.24) is 0 Å². The number of hydrogen-bond acceptors (Lipinski definition) is 4. The number of phenolic OH excluding ortho intramolecular Hbond substituents is 1. The second-order valence-corrected chi connectivity index (χ2v) is 5.12. The summed E-state index contributed by atoms with van der Waals surface area (Å²) in [7, 11) is 0. The highest BCUT2D eigenvalue weighted by atomic mass is 16.4. The fraction of sp³-hybridized carbons (Fsp3) is 0.176. The maximum Gasteiger partial charge on any atom is 0.211 e. The van der Waals surface area contributed by atoms with Crippen LogP contribution in [0.3, 0.4) is 0 Å². The van der Waals surface area contributed by atoms with Crippen LogP contribution >= 0.6 is 0 Å². The lowest BCUT2D eigenvalue weighted by Gasteiger charge is -2.10. The Kier molecular flexibility index (Phi) is 3.22. The first-order valence-corrected chi connectivity index (χ1v) is 6.85. The number of aryl methyl sites for hydroxylation is 1. The predicted octanol–water partition coefficient (Wildman–Crippen LogP) is 3.19. The molecule has 0 bridgehead atoms. The first kappa shape index (κ1) is 13.4. The molecule has 0 radical (unpaired) electrons. The lowest BCUT2D eigenvalue weighted by molar-refractivity contribution is 0.106. The maximum atomic E-state index is 11.9. The van der Waals surface area contributed by atoms with E-state index < -0.39 is 0 Å². The highest BCUT2D eigenvalue weighted by Gasteiger charge is 2.27. The molecule has 2 aromatic carbocycles. The molecule has 0 aromatic heterocycles. The summed E-state index contributed by atoms with van der Waals surface area (Å²) in [5, 5.41) is 21.5. The smallest absolute Gasteiger partial charge is 0.211 e. The lowest BCUT2D eigenvalue weighted by Crippen LogP contribution is -2.06. The summed E-state index contributed by atoms with van der Waals surface area (Å²) in [5.41, 5.74) is 4.75. The Morgan fingerprint density at radius 2 is 1.90 bits per heavy atom. The van der Waals surface area contributed by atoms with E-state index in [0.717, 1.165) is 28.7 Å². The van der Waals surface area contributed by atoms with Gasteiger partial charge in [0, 0.05) is 12.0 Å². The van der Waals surface area contributed by atoms with E-state index in [0.29, 0.717) is 12.0 Å². The molecule has 2 N–H and O–H groups in total. The number of oxime groups is 1. The third-order valence-corrected chi connectivity index (χ3v) is 3.87. The molecule has 1 aliphatic carbocycles. The molecule has 0 atom stereocenters. The summed E-state index contributed by atoms with van der Waals surface area (Å²) in [6.07, 6.45) is 1.17. The molecule has 4 nitrogen and oxygen atoms in total. The Morgan fingerprint density at radius 3 is 2.62 bits per heavy atom. The summed E-state index contributed by atoms with van der Waals surface area (Å²) >= 11 is 0. The van der Waals surface area contributed by atoms with Gasteiger partial charge in [0.15, 0.2) is 0 Å². The summed E-state index contributed by atoms with van der Waals surface area (Å²) in [6.45, 7) is 2.03. The van der Waals surface area contributed by atoms with Crippen molar-refractivity contribution >= 4 is 11.5 Å². The zero-order valence-electron chi connectivity index (χ0n) is 11.6. The van der Waals surface area contributed by atoms with Gasteiger partial charge in [0.05, 0.1) is 0 Å². The first-order chi connectivity index (χ1) is 10.1. The molecule has 0 fully saturated rings. The van der Waals surface area contributed by atoms with E-state index in [9.17, 15) is 9.90 Å². The minimum atomic E-state index is -0.208. The van der Waals surface area contributed by atoms with Crippen LogP contribution in [0.1, 0.15) is 28.4 Å². The number of aromatic hydroxyl groups is 1. The minimum Gasteiger partial charge on any atom is -0.508 e. The fourth-order valence-corrected chi connectivity index (χ4v) is 2.78. The van der Waals surface area contributed by atoms with Crippen LogP contribution in [0, 0.1) is 0 Å². The van der Waals surface area contributed by atoms with E-state index in [2.05, 4.69) is 5.16 Å². The van der Waals surface area contributed by atoms with Crippen LogP contribution in [-0.4, -0.2) is 21.8 Å². The number of Topliss-reactive ketones (excluding diaryl/α,β-unsaturated/α-hetero) is 1. The van der Waals surface area contributed by atoms with Gasteiger partial charge >= 0.3 is 0 Å². The SMILES string of the molecule is CCc1cc(O)ccc1-c1ccc2c(c1)C/C(=N\O)C2=O. The van der Waals surface area contributed by atoms with Gasteiger partial charge in [-0.25, -0.2) is 0 Å². The summed E-state index contributed by atoms with van der Waals surface area (Å²) in [5.74, 6) is 0.0436. The lowest BCUT2D eigenvalue weighted by atomic mass is 9.95. The van der Waals surface area contributed by atoms with Crippen molar-refractivity contribution in [3.63, 3.8) is 0 Å². The van der Waals surface area contributed by atoms with E-state index >= 15 is 0 Å². The molecule has 21 heavy (non-hydrogen) atoms. The zero-order chi connectivity index (χ0) is 15.0. The monoisotopic (exact) mass is 281 g/mol. The quantitative estimate of drug-likeness (QED) is 0.656.